The summed E-state index contributed by atoms with van der Waals surface area (Å²) in [6.45, 7) is 7.62. The maximum Gasteiger partial charge on any atom is 0.417 e. The van der Waals surface area contributed by atoms with Gasteiger partial charge in [0.25, 0.3) is 5.91 Å². The zero-order valence-corrected chi connectivity index (χ0v) is 26.5. The minimum atomic E-state index is -0.782. The van der Waals surface area contributed by atoms with Crippen LogP contribution in [0, 0.1) is 0 Å². The zero-order chi connectivity index (χ0) is 31.6. The van der Waals surface area contributed by atoms with E-state index in [9.17, 15) is 9.59 Å². The Bertz CT molecular complexity index is 1410. The molecule has 3 rings (SSSR count). The molecule has 0 aromatic heterocycles. The molecule has 3 aromatic rings. The van der Waals surface area contributed by atoms with Gasteiger partial charge < -0.3 is 23.7 Å². The van der Waals surface area contributed by atoms with E-state index in [1.54, 1.807) is 47.1 Å². The van der Waals surface area contributed by atoms with E-state index in [1.165, 1.54) is 7.05 Å². The molecule has 10 heteroatoms. The van der Waals surface area contributed by atoms with E-state index >= 15 is 0 Å². The molecular weight excluding hydrogens is 572 g/mol. The summed E-state index contributed by atoms with van der Waals surface area (Å²) in [7, 11) is 4.67. The highest BCUT2D eigenvalue weighted by Crippen LogP contribution is 2.39. The molecule has 2 amide bonds. The van der Waals surface area contributed by atoms with Gasteiger partial charge in [-0.2, -0.15) is 0 Å². The predicted molar refractivity (Wildman–Crippen MR) is 167 cm³/mol. The Labute approximate surface area is 258 Å². The number of hydrogen-bond donors (Lipinski definition) is 0. The maximum atomic E-state index is 13.7. The van der Waals surface area contributed by atoms with E-state index in [0.717, 1.165) is 27.5 Å². The van der Waals surface area contributed by atoms with E-state index in [4.69, 9.17) is 35.3 Å². The average molecular weight is 611 g/mol. The number of ether oxygens (including phenoxy) is 5. The van der Waals surface area contributed by atoms with Crippen LogP contribution in [0.15, 0.2) is 65.7 Å². The second kappa shape index (κ2) is 15.3. The minimum Gasteiger partial charge on any atom is -0.497 e. The number of hydrogen-bond acceptors (Lipinski definition) is 8. The SMILES string of the molecule is CCCN(C(=O)OC(C)(C)C)C(=O)C(=NC)c1ccc(OCc2ccc(OC)cc2)c(OCc2ccc(OC)cc2)c1Cl. The molecule has 0 aliphatic rings. The monoisotopic (exact) mass is 610 g/mol. The third kappa shape index (κ3) is 9.12. The van der Waals surface area contributed by atoms with Crippen molar-refractivity contribution in [2.24, 2.45) is 4.99 Å². The lowest BCUT2D eigenvalue weighted by Gasteiger charge is -2.26. The summed E-state index contributed by atoms with van der Waals surface area (Å²) in [5.74, 6) is 1.43. The first-order valence-electron chi connectivity index (χ1n) is 13.9. The number of nitrogens with zero attached hydrogens (tertiary/aromatic N) is 2. The summed E-state index contributed by atoms with van der Waals surface area (Å²) in [5, 5.41) is 0.121. The van der Waals surface area contributed by atoms with Gasteiger partial charge in [0.15, 0.2) is 11.5 Å². The molecule has 3 aromatic carbocycles. The Hall–Kier alpha value is -4.24. The fourth-order valence-electron chi connectivity index (χ4n) is 4.01. The lowest BCUT2D eigenvalue weighted by Crippen LogP contribution is -2.44. The summed E-state index contributed by atoms with van der Waals surface area (Å²) < 4.78 is 28.3. The number of aliphatic imine (C=N–C) groups is 1. The zero-order valence-electron chi connectivity index (χ0n) is 25.7. The van der Waals surface area contributed by atoms with Crippen molar-refractivity contribution in [3.05, 3.63) is 82.4 Å². The molecule has 0 atom stereocenters. The Morgan fingerprint density at radius 1 is 0.837 bits per heavy atom. The molecule has 0 saturated heterocycles. The fraction of sp³-hybridized carbons (Fsp3) is 0.364. The van der Waals surface area contributed by atoms with Crippen LogP contribution in [0.4, 0.5) is 4.79 Å². The van der Waals surface area contributed by atoms with E-state index < -0.39 is 17.6 Å². The second-order valence-corrected chi connectivity index (χ2v) is 10.9. The van der Waals surface area contributed by atoms with Gasteiger partial charge >= 0.3 is 6.09 Å². The third-order valence-corrected chi connectivity index (χ3v) is 6.52. The normalized spacial score (nSPS) is 11.5. The standard InChI is InChI=1S/C33H39ClN2O7/c1-8-19-36(32(38)43-33(2,3)4)31(37)29(35-5)26-17-18-27(41-20-22-9-13-24(39-6)14-10-22)30(28(26)34)42-21-23-11-15-25(40-7)16-12-23/h9-18H,8,19-21H2,1-7H3. The first kappa shape index (κ1) is 33.3. The minimum absolute atomic E-state index is 0.0136. The van der Waals surface area contributed by atoms with Crippen molar-refractivity contribution in [3.8, 4) is 23.0 Å². The largest absolute Gasteiger partial charge is 0.497 e. The van der Waals surface area contributed by atoms with Gasteiger partial charge in [0.05, 0.1) is 19.2 Å². The van der Waals surface area contributed by atoms with E-state index in [-0.39, 0.29) is 36.2 Å². The number of methoxy groups -OCH3 is 2. The van der Waals surface area contributed by atoms with E-state index in [2.05, 4.69) is 4.99 Å². The lowest BCUT2D eigenvalue weighted by atomic mass is 10.1. The third-order valence-electron chi connectivity index (χ3n) is 6.14. The summed E-state index contributed by atoms with van der Waals surface area (Å²) in [6.07, 6.45) is -0.226. The Morgan fingerprint density at radius 3 is 1.84 bits per heavy atom. The van der Waals surface area contributed by atoms with Gasteiger partial charge in [-0.3, -0.25) is 9.79 Å². The van der Waals surface area contributed by atoms with Gasteiger partial charge in [-0.25, -0.2) is 9.69 Å². The average Bonchev–Trinajstić information content (AvgIpc) is 2.99. The molecule has 230 valence electrons. The van der Waals surface area contributed by atoms with Gasteiger partial charge in [-0.05, 0) is 74.7 Å². The number of rotatable bonds is 12. The Morgan fingerprint density at radius 2 is 1.37 bits per heavy atom. The molecule has 0 aliphatic heterocycles. The summed E-state index contributed by atoms with van der Waals surface area (Å²) >= 11 is 6.93. The molecule has 0 N–H and O–H groups in total. The van der Waals surface area contributed by atoms with Crippen LogP contribution in [0.5, 0.6) is 23.0 Å². The van der Waals surface area contributed by atoms with Crippen LogP contribution in [0.1, 0.15) is 50.8 Å². The number of carbonyl (C=O) groups is 2. The fourth-order valence-corrected chi connectivity index (χ4v) is 4.31. The Kier molecular flexibility index (Phi) is 11.8. The van der Waals surface area contributed by atoms with Crippen LogP contribution in [0.25, 0.3) is 0 Å². The van der Waals surface area contributed by atoms with E-state index in [0.29, 0.717) is 17.7 Å². The molecule has 9 nitrogen and oxygen atoms in total. The molecular formula is C33H39ClN2O7. The van der Waals surface area contributed by atoms with Crippen molar-refractivity contribution in [2.75, 3.05) is 27.8 Å². The van der Waals surface area contributed by atoms with Gasteiger partial charge in [-0.1, -0.05) is 42.8 Å². The highest BCUT2D eigenvalue weighted by molar-refractivity contribution is 6.50. The molecule has 0 bridgehead atoms. The molecule has 0 radical (unpaired) electrons. The topological polar surface area (TPSA) is 95.9 Å². The van der Waals surface area contributed by atoms with Crippen LogP contribution < -0.4 is 18.9 Å². The van der Waals surface area contributed by atoms with Gasteiger partial charge in [0, 0.05) is 19.2 Å². The maximum absolute atomic E-state index is 13.7. The van der Waals surface area contributed by atoms with Crippen molar-refractivity contribution in [2.45, 2.75) is 52.9 Å². The number of imide groups is 1. The van der Waals surface area contributed by atoms with Crippen molar-refractivity contribution in [3.63, 3.8) is 0 Å². The lowest BCUT2D eigenvalue weighted by molar-refractivity contribution is -0.123. The van der Waals surface area contributed by atoms with Crippen LogP contribution in [-0.4, -0.2) is 56.0 Å². The highest BCUT2D eigenvalue weighted by Gasteiger charge is 2.32. The second-order valence-electron chi connectivity index (χ2n) is 10.5. The summed E-state index contributed by atoms with van der Waals surface area (Å²) in [5.41, 5.74) is 1.26. The number of carbonyl (C=O) groups excluding carboxylic acids is 2. The molecule has 43 heavy (non-hydrogen) atoms. The predicted octanol–water partition coefficient (Wildman–Crippen LogP) is 7.11. The van der Waals surface area contributed by atoms with E-state index in [1.807, 2.05) is 55.5 Å². The first-order valence-corrected chi connectivity index (χ1v) is 14.2. The highest BCUT2D eigenvalue weighted by atomic mass is 35.5. The number of amides is 2. The molecule has 0 aliphatic carbocycles. The van der Waals surface area contributed by atoms with Crippen molar-refractivity contribution in [1.29, 1.82) is 0 Å². The van der Waals surface area contributed by atoms with Crippen molar-refractivity contribution >= 4 is 29.3 Å². The molecule has 0 heterocycles. The molecule has 0 fully saturated rings. The molecule has 0 spiro atoms. The van der Waals surface area contributed by atoms with Gasteiger partial charge in [0.1, 0.15) is 36.0 Å². The summed E-state index contributed by atoms with van der Waals surface area (Å²) in [6, 6.07) is 18.2. The first-order chi connectivity index (χ1) is 20.5. The van der Waals surface area contributed by atoms with Crippen LogP contribution in [0.3, 0.4) is 0 Å². The smallest absolute Gasteiger partial charge is 0.417 e. The molecule has 0 unspecified atom stereocenters. The Balaban J connectivity index is 1.97. The van der Waals surface area contributed by atoms with Crippen LogP contribution in [0.2, 0.25) is 5.02 Å². The quantitative estimate of drug-likeness (QED) is 0.202. The number of benzene rings is 3. The van der Waals surface area contributed by atoms with Gasteiger partial charge in [-0.15, -0.1) is 0 Å². The van der Waals surface area contributed by atoms with Crippen LogP contribution >= 0.6 is 11.6 Å². The summed E-state index contributed by atoms with van der Waals surface area (Å²) in [4.78, 5) is 31.9. The van der Waals surface area contributed by atoms with Crippen LogP contribution in [-0.2, 0) is 22.7 Å². The van der Waals surface area contributed by atoms with Crippen molar-refractivity contribution < 1.29 is 33.3 Å². The molecule has 0 saturated carbocycles. The number of halogens is 1. The van der Waals surface area contributed by atoms with Gasteiger partial charge in [0.2, 0.25) is 0 Å². The van der Waals surface area contributed by atoms with Crippen molar-refractivity contribution in [1.82, 2.24) is 4.90 Å².